The van der Waals surface area contributed by atoms with Crippen molar-refractivity contribution in [3.05, 3.63) is 22.4 Å². The molecule has 0 saturated carbocycles. The molecule has 0 spiro atoms. The molecule has 2 fully saturated rings. The highest BCUT2D eigenvalue weighted by Crippen LogP contribution is 2.25. The number of nitrogens with zero attached hydrogens (tertiary/aromatic N) is 4. The minimum atomic E-state index is -4.17. The quantitative estimate of drug-likeness (QED) is 0.316. The number of hydrogen-bond acceptors (Lipinski definition) is 4. The van der Waals surface area contributed by atoms with Crippen LogP contribution < -0.4 is 5.32 Å². The number of piperazine rings is 1. The Balaban J connectivity index is 0.00000341. The highest BCUT2D eigenvalue weighted by Gasteiger charge is 2.41. The molecule has 178 valence electrons. The predicted molar refractivity (Wildman–Crippen MR) is 132 cm³/mol. The average Bonchev–Trinajstić information content (AvgIpc) is 3.23. The van der Waals surface area contributed by atoms with Gasteiger partial charge in [-0.15, -0.1) is 35.3 Å². The van der Waals surface area contributed by atoms with Gasteiger partial charge in [-0.2, -0.15) is 13.2 Å². The predicted octanol–water partition coefficient (Wildman–Crippen LogP) is 4.11. The summed E-state index contributed by atoms with van der Waals surface area (Å²) in [5.74, 6) is 1.37. The fraction of sp³-hybridized carbons (Fsp3) is 0.762. The molecule has 3 rings (SSSR count). The number of hydrogen-bond donors (Lipinski definition) is 1. The van der Waals surface area contributed by atoms with Gasteiger partial charge in [-0.3, -0.25) is 14.8 Å². The third-order valence-electron chi connectivity index (χ3n) is 6.03. The van der Waals surface area contributed by atoms with Crippen LogP contribution in [-0.4, -0.2) is 85.2 Å². The van der Waals surface area contributed by atoms with E-state index in [-0.39, 0.29) is 24.0 Å². The molecule has 3 heterocycles. The first-order chi connectivity index (χ1) is 14.4. The van der Waals surface area contributed by atoms with E-state index >= 15 is 0 Å². The second-order valence-electron chi connectivity index (χ2n) is 8.26. The van der Waals surface area contributed by atoms with Crippen LogP contribution in [0.1, 0.15) is 31.6 Å². The zero-order chi connectivity index (χ0) is 21.6. The summed E-state index contributed by atoms with van der Waals surface area (Å²) < 4.78 is 39.0. The molecule has 2 aliphatic heterocycles. The van der Waals surface area contributed by atoms with E-state index in [1.165, 1.54) is 29.5 Å². The SMILES string of the molecule is CCNC(=NCC1CCCN(Cc2cccs2)C1)N1CCN(C(C)C(F)(F)F)CC1.I. The van der Waals surface area contributed by atoms with Crippen molar-refractivity contribution in [2.75, 3.05) is 52.4 Å². The Morgan fingerprint density at radius 3 is 2.61 bits per heavy atom. The first-order valence-electron chi connectivity index (χ1n) is 11.0. The zero-order valence-corrected chi connectivity index (χ0v) is 21.6. The van der Waals surface area contributed by atoms with Gasteiger partial charge < -0.3 is 10.2 Å². The lowest BCUT2D eigenvalue weighted by Gasteiger charge is -2.40. The summed E-state index contributed by atoms with van der Waals surface area (Å²) in [6.45, 7) is 9.96. The molecule has 2 aliphatic rings. The third-order valence-corrected chi connectivity index (χ3v) is 6.89. The largest absolute Gasteiger partial charge is 0.403 e. The third kappa shape index (κ3) is 8.04. The van der Waals surface area contributed by atoms with Crippen LogP contribution in [0.15, 0.2) is 22.5 Å². The van der Waals surface area contributed by atoms with E-state index in [4.69, 9.17) is 4.99 Å². The van der Waals surface area contributed by atoms with Gasteiger partial charge in [0, 0.05) is 57.2 Å². The lowest BCUT2D eigenvalue weighted by atomic mass is 9.98. The van der Waals surface area contributed by atoms with Crippen molar-refractivity contribution in [3.8, 4) is 0 Å². The Bertz CT molecular complexity index is 662. The Labute approximate surface area is 205 Å². The molecule has 1 aromatic rings. The fourth-order valence-corrected chi connectivity index (χ4v) is 4.98. The molecule has 1 aromatic heterocycles. The van der Waals surface area contributed by atoms with Gasteiger partial charge in [0.15, 0.2) is 5.96 Å². The number of piperidine rings is 1. The molecule has 0 amide bonds. The van der Waals surface area contributed by atoms with Crippen molar-refractivity contribution in [1.29, 1.82) is 0 Å². The summed E-state index contributed by atoms with van der Waals surface area (Å²) in [5.41, 5.74) is 0. The zero-order valence-electron chi connectivity index (χ0n) is 18.4. The number of thiophene rings is 1. The van der Waals surface area contributed by atoms with Crippen molar-refractivity contribution in [2.24, 2.45) is 10.9 Å². The highest BCUT2D eigenvalue weighted by atomic mass is 127. The summed E-state index contributed by atoms with van der Waals surface area (Å²) in [4.78, 5) is 12.4. The Morgan fingerprint density at radius 1 is 1.26 bits per heavy atom. The summed E-state index contributed by atoms with van der Waals surface area (Å²) in [7, 11) is 0. The van der Waals surface area contributed by atoms with Gasteiger partial charge >= 0.3 is 6.18 Å². The molecule has 5 nitrogen and oxygen atoms in total. The second-order valence-corrected chi connectivity index (χ2v) is 9.29. The number of alkyl halides is 3. The maximum Gasteiger partial charge on any atom is 0.403 e. The molecule has 10 heteroatoms. The fourth-order valence-electron chi connectivity index (χ4n) is 4.24. The summed E-state index contributed by atoms with van der Waals surface area (Å²) in [6, 6.07) is 2.90. The Kier molecular flexibility index (Phi) is 10.8. The molecule has 31 heavy (non-hydrogen) atoms. The van der Waals surface area contributed by atoms with Crippen LogP contribution in [0, 0.1) is 5.92 Å². The summed E-state index contributed by atoms with van der Waals surface area (Å²) in [5, 5.41) is 5.46. The molecular formula is C21H35F3IN5S. The summed E-state index contributed by atoms with van der Waals surface area (Å²) in [6.07, 6.45) is -1.80. The van der Waals surface area contributed by atoms with Gasteiger partial charge in [-0.1, -0.05) is 6.07 Å². The van der Waals surface area contributed by atoms with Crippen LogP contribution in [0.3, 0.4) is 0 Å². The second kappa shape index (κ2) is 12.6. The monoisotopic (exact) mass is 573 g/mol. The summed E-state index contributed by atoms with van der Waals surface area (Å²) >= 11 is 1.80. The van der Waals surface area contributed by atoms with Gasteiger partial charge in [0.05, 0.1) is 0 Å². The minimum absolute atomic E-state index is 0. The van der Waals surface area contributed by atoms with Gasteiger partial charge in [0.25, 0.3) is 0 Å². The van der Waals surface area contributed by atoms with Gasteiger partial charge in [-0.25, -0.2) is 0 Å². The van der Waals surface area contributed by atoms with Crippen molar-refractivity contribution in [3.63, 3.8) is 0 Å². The molecule has 0 bridgehead atoms. The van der Waals surface area contributed by atoms with Crippen molar-refractivity contribution in [2.45, 2.75) is 45.5 Å². The molecular weight excluding hydrogens is 538 g/mol. The number of likely N-dealkylation sites (tertiary alicyclic amines) is 1. The smallest absolute Gasteiger partial charge is 0.357 e. The van der Waals surface area contributed by atoms with Crippen molar-refractivity contribution >= 4 is 41.3 Å². The van der Waals surface area contributed by atoms with Crippen LogP contribution in [-0.2, 0) is 6.54 Å². The van der Waals surface area contributed by atoms with E-state index in [1.54, 1.807) is 11.3 Å². The lowest BCUT2D eigenvalue weighted by molar-refractivity contribution is -0.181. The van der Waals surface area contributed by atoms with Crippen LogP contribution in [0.4, 0.5) is 13.2 Å². The molecule has 0 aliphatic carbocycles. The average molecular weight is 574 g/mol. The van der Waals surface area contributed by atoms with Gasteiger partial charge in [0.2, 0.25) is 0 Å². The van der Waals surface area contributed by atoms with Gasteiger partial charge in [-0.05, 0) is 50.6 Å². The van der Waals surface area contributed by atoms with Crippen LogP contribution >= 0.6 is 35.3 Å². The minimum Gasteiger partial charge on any atom is -0.357 e. The van der Waals surface area contributed by atoms with Crippen molar-refractivity contribution in [1.82, 2.24) is 20.0 Å². The molecule has 1 N–H and O–H groups in total. The van der Waals surface area contributed by atoms with Gasteiger partial charge in [0.1, 0.15) is 6.04 Å². The normalized spacial score (nSPS) is 22.8. The standard InChI is InChI=1S/C21H34F3N5S.HI/c1-3-25-20(29-11-9-28(10-12-29)17(2)21(22,23)24)26-14-18-6-4-8-27(15-18)16-19-7-5-13-30-19;/h5,7,13,17-18H,3-4,6,8-12,14-16H2,1-2H3,(H,25,26);1H. The van der Waals surface area contributed by atoms with E-state index in [0.717, 1.165) is 38.7 Å². The van der Waals surface area contributed by atoms with E-state index in [9.17, 15) is 13.2 Å². The highest BCUT2D eigenvalue weighted by molar-refractivity contribution is 14.0. The molecule has 2 saturated heterocycles. The first kappa shape index (κ1) is 26.7. The molecule has 0 radical (unpaired) electrons. The number of guanidine groups is 1. The van der Waals surface area contributed by atoms with Crippen LogP contribution in [0.5, 0.6) is 0 Å². The van der Waals surface area contributed by atoms with E-state index in [1.807, 2.05) is 6.92 Å². The molecule has 2 unspecified atom stereocenters. The maximum absolute atomic E-state index is 13.0. The number of halogens is 4. The Hall–Kier alpha value is -0.590. The maximum atomic E-state index is 13.0. The van der Waals surface area contributed by atoms with Crippen molar-refractivity contribution < 1.29 is 13.2 Å². The molecule has 0 aromatic carbocycles. The number of rotatable bonds is 6. The van der Waals surface area contributed by atoms with E-state index < -0.39 is 12.2 Å². The van der Waals surface area contributed by atoms with E-state index in [2.05, 4.69) is 32.6 Å². The topological polar surface area (TPSA) is 34.1 Å². The number of aliphatic imine (C=N–C) groups is 1. The first-order valence-corrected chi connectivity index (χ1v) is 11.8. The Morgan fingerprint density at radius 2 is 2.00 bits per heavy atom. The van der Waals surface area contributed by atoms with E-state index in [0.29, 0.717) is 32.1 Å². The van der Waals surface area contributed by atoms with Crippen LogP contribution in [0.25, 0.3) is 0 Å². The molecule has 2 atom stereocenters. The number of nitrogens with one attached hydrogen (secondary N) is 1. The van der Waals surface area contributed by atoms with Crippen LogP contribution in [0.2, 0.25) is 0 Å². The lowest BCUT2D eigenvalue weighted by Crippen LogP contribution is -2.56.